The van der Waals surface area contributed by atoms with E-state index in [4.69, 9.17) is 14.2 Å². The molecule has 0 saturated carbocycles. The average Bonchev–Trinajstić information content (AvgIpc) is 3.65. The number of carbonyl (C=O) groups is 2. The summed E-state index contributed by atoms with van der Waals surface area (Å²) >= 11 is 0. The summed E-state index contributed by atoms with van der Waals surface area (Å²) in [7, 11) is 0. The minimum atomic E-state index is -0.713. The van der Waals surface area contributed by atoms with E-state index in [0.29, 0.717) is 29.2 Å². The molecule has 1 aliphatic rings. The van der Waals surface area contributed by atoms with Crippen LogP contribution in [-0.4, -0.2) is 49.7 Å². The van der Waals surface area contributed by atoms with Crippen molar-refractivity contribution in [3.8, 4) is 17.2 Å². The summed E-state index contributed by atoms with van der Waals surface area (Å²) in [5.41, 5.74) is 5.20. The van der Waals surface area contributed by atoms with Gasteiger partial charge in [-0.15, -0.1) is 5.10 Å². The van der Waals surface area contributed by atoms with Crippen molar-refractivity contribution < 1.29 is 23.8 Å². The zero-order valence-corrected chi connectivity index (χ0v) is 21.7. The van der Waals surface area contributed by atoms with Crippen LogP contribution < -0.4 is 9.47 Å². The molecule has 3 aromatic heterocycles. The average molecular weight is 524 g/mol. The lowest BCUT2D eigenvalue weighted by Gasteiger charge is -2.11. The van der Waals surface area contributed by atoms with E-state index in [0.717, 1.165) is 33.6 Å². The molecular weight excluding hydrogens is 498 g/mol. The zero-order chi connectivity index (χ0) is 27.1. The van der Waals surface area contributed by atoms with Crippen molar-refractivity contribution in [2.75, 3.05) is 13.4 Å². The highest BCUT2D eigenvalue weighted by atomic mass is 16.7. The van der Waals surface area contributed by atoms with Gasteiger partial charge < -0.3 is 18.8 Å². The number of aryl methyl sites for hydroxylation is 1. The summed E-state index contributed by atoms with van der Waals surface area (Å²) in [6.45, 7) is 5.91. The Labute approximate surface area is 223 Å². The second-order valence-corrected chi connectivity index (χ2v) is 9.35. The SMILES string of the molecule is Cc1c(C(=O)OCC(=O)c2cc(C)n(Cc3ccc4c(c3)OCO4)c2C)nnn1-c1cccc2cccnc12. The van der Waals surface area contributed by atoms with Crippen molar-refractivity contribution in [1.29, 1.82) is 0 Å². The van der Waals surface area contributed by atoms with Gasteiger partial charge in [0.15, 0.2) is 23.8 Å². The number of aromatic nitrogens is 5. The van der Waals surface area contributed by atoms with Gasteiger partial charge >= 0.3 is 5.97 Å². The summed E-state index contributed by atoms with van der Waals surface area (Å²) in [6.07, 6.45) is 1.70. The number of para-hydroxylation sites is 1. The molecule has 0 spiro atoms. The van der Waals surface area contributed by atoms with Crippen molar-refractivity contribution in [2.24, 2.45) is 0 Å². The second kappa shape index (κ2) is 9.71. The highest BCUT2D eigenvalue weighted by molar-refractivity contribution is 6.00. The van der Waals surface area contributed by atoms with Gasteiger partial charge in [0.2, 0.25) is 12.6 Å². The molecule has 0 amide bonds. The number of hydrogen-bond donors (Lipinski definition) is 0. The maximum absolute atomic E-state index is 13.1. The highest BCUT2D eigenvalue weighted by Gasteiger charge is 2.23. The molecule has 196 valence electrons. The molecule has 0 N–H and O–H groups in total. The molecule has 0 radical (unpaired) electrons. The first-order valence-corrected chi connectivity index (χ1v) is 12.4. The molecule has 0 atom stereocenters. The van der Waals surface area contributed by atoms with Crippen LogP contribution >= 0.6 is 0 Å². The number of Topliss-reactive ketones (excluding diaryl/α,β-unsaturated/α-hetero) is 1. The van der Waals surface area contributed by atoms with Crippen molar-refractivity contribution in [3.63, 3.8) is 0 Å². The van der Waals surface area contributed by atoms with Crippen LogP contribution in [0.25, 0.3) is 16.6 Å². The molecule has 0 aliphatic carbocycles. The number of ketones is 1. The number of fused-ring (bicyclic) bond motifs is 2. The molecule has 6 rings (SSSR count). The van der Waals surface area contributed by atoms with E-state index in [2.05, 4.69) is 15.3 Å². The van der Waals surface area contributed by atoms with Crippen molar-refractivity contribution in [2.45, 2.75) is 27.3 Å². The Morgan fingerprint density at radius 1 is 0.974 bits per heavy atom. The minimum Gasteiger partial charge on any atom is -0.454 e. The van der Waals surface area contributed by atoms with Gasteiger partial charge in [-0.2, -0.15) is 0 Å². The smallest absolute Gasteiger partial charge is 0.361 e. The summed E-state index contributed by atoms with van der Waals surface area (Å²) in [6, 6.07) is 17.1. The Morgan fingerprint density at radius 3 is 2.67 bits per heavy atom. The molecular formula is C29H25N5O5. The molecule has 0 bridgehead atoms. The van der Waals surface area contributed by atoms with E-state index in [1.807, 2.05) is 73.0 Å². The third-order valence-corrected chi connectivity index (χ3v) is 6.91. The summed E-state index contributed by atoms with van der Waals surface area (Å²) in [5, 5.41) is 9.13. The molecule has 0 saturated heterocycles. The second-order valence-electron chi connectivity index (χ2n) is 9.35. The Kier molecular flexibility index (Phi) is 6.07. The first-order valence-electron chi connectivity index (χ1n) is 12.4. The van der Waals surface area contributed by atoms with Gasteiger partial charge in [-0.05, 0) is 56.7 Å². The highest BCUT2D eigenvalue weighted by Crippen LogP contribution is 2.33. The van der Waals surface area contributed by atoms with Gasteiger partial charge in [0.05, 0.1) is 16.9 Å². The quantitative estimate of drug-likeness (QED) is 0.229. The van der Waals surface area contributed by atoms with E-state index < -0.39 is 12.6 Å². The number of benzene rings is 2. The predicted molar refractivity (Wildman–Crippen MR) is 142 cm³/mol. The molecule has 39 heavy (non-hydrogen) atoms. The first-order chi connectivity index (χ1) is 18.9. The standard InChI is InChI=1S/C29H25N5O5/c1-17-12-22(18(2)33(17)14-20-9-10-25-26(13-20)39-16-38-25)24(35)15-37-29(36)27-19(3)34(32-31-27)23-8-4-6-21-7-5-11-30-28(21)23/h4-13H,14-16H2,1-3H3. The normalized spacial score (nSPS) is 12.2. The Morgan fingerprint density at radius 2 is 1.79 bits per heavy atom. The third-order valence-electron chi connectivity index (χ3n) is 6.91. The molecule has 4 heterocycles. The largest absolute Gasteiger partial charge is 0.454 e. The Bertz CT molecular complexity index is 1750. The van der Waals surface area contributed by atoms with E-state index >= 15 is 0 Å². The fourth-order valence-corrected chi connectivity index (χ4v) is 4.83. The number of nitrogens with zero attached hydrogens (tertiary/aromatic N) is 5. The lowest BCUT2D eigenvalue weighted by atomic mass is 10.1. The van der Waals surface area contributed by atoms with E-state index in [-0.39, 0.29) is 18.3 Å². The van der Waals surface area contributed by atoms with Crippen LogP contribution in [0.5, 0.6) is 11.5 Å². The maximum atomic E-state index is 13.1. The molecule has 0 fully saturated rings. The van der Waals surface area contributed by atoms with Gasteiger partial charge in [-0.1, -0.05) is 29.5 Å². The van der Waals surface area contributed by atoms with Crippen LogP contribution in [0.15, 0.2) is 60.8 Å². The number of rotatable bonds is 7. The molecule has 1 aliphatic heterocycles. The molecule has 2 aromatic carbocycles. The number of carbonyl (C=O) groups excluding carboxylic acids is 2. The molecule has 0 unspecified atom stereocenters. The van der Waals surface area contributed by atoms with Crippen molar-refractivity contribution in [1.82, 2.24) is 24.5 Å². The summed E-state index contributed by atoms with van der Waals surface area (Å²) in [4.78, 5) is 30.4. The fourth-order valence-electron chi connectivity index (χ4n) is 4.83. The molecule has 10 heteroatoms. The van der Waals surface area contributed by atoms with Gasteiger partial charge in [0.25, 0.3) is 0 Å². The summed E-state index contributed by atoms with van der Waals surface area (Å²) < 4.78 is 19.8. The number of ether oxygens (including phenoxy) is 3. The van der Waals surface area contributed by atoms with E-state index in [1.165, 1.54) is 0 Å². The fraction of sp³-hybridized carbons (Fsp3) is 0.207. The zero-order valence-electron chi connectivity index (χ0n) is 21.7. The third kappa shape index (κ3) is 4.39. The van der Waals surface area contributed by atoms with Crippen LogP contribution in [-0.2, 0) is 11.3 Å². The number of esters is 1. The van der Waals surface area contributed by atoms with E-state index in [9.17, 15) is 9.59 Å². The Balaban J connectivity index is 1.16. The Hall–Kier alpha value is -4.99. The molecule has 5 aromatic rings. The monoisotopic (exact) mass is 523 g/mol. The predicted octanol–water partition coefficient (Wildman–Crippen LogP) is 4.36. The van der Waals surface area contributed by atoms with Gasteiger partial charge in [-0.3, -0.25) is 9.78 Å². The first kappa shape index (κ1) is 24.4. The number of pyridine rings is 1. The molecule has 10 nitrogen and oxygen atoms in total. The van der Waals surface area contributed by atoms with Gasteiger partial charge in [-0.25, -0.2) is 9.48 Å². The van der Waals surface area contributed by atoms with Crippen molar-refractivity contribution >= 4 is 22.7 Å². The van der Waals surface area contributed by atoms with E-state index in [1.54, 1.807) is 17.8 Å². The van der Waals surface area contributed by atoms with Crippen LogP contribution in [0, 0.1) is 20.8 Å². The number of hydrogen-bond acceptors (Lipinski definition) is 8. The minimum absolute atomic E-state index is 0.0454. The van der Waals surface area contributed by atoms with Crippen LogP contribution in [0.4, 0.5) is 0 Å². The summed E-state index contributed by atoms with van der Waals surface area (Å²) in [5.74, 6) is 0.426. The van der Waals surface area contributed by atoms with Crippen molar-refractivity contribution in [3.05, 3.63) is 94.7 Å². The topological polar surface area (TPSA) is 110 Å². The van der Waals surface area contributed by atoms with Gasteiger partial charge in [0, 0.05) is 35.1 Å². The van der Waals surface area contributed by atoms with Crippen LogP contribution in [0.2, 0.25) is 0 Å². The van der Waals surface area contributed by atoms with Crippen LogP contribution in [0.1, 0.15) is 43.5 Å². The lowest BCUT2D eigenvalue weighted by molar-refractivity contribution is 0.0467. The van der Waals surface area contributed by atoms with Gasteiger partial charge in [0.1, 0.15) is 0 Å². The van der Waals surface area contributed by atoms with Crippen LogP contribution in [0.3, 0.4) is 0 Å². The maximum Gasteiger partial charge on any atom is 0.361 e. The lowest BCUT2D eigenvalue weighted by Crippen LogP contribution is -2.16.